The number of aliphatic hydroxyl groups excluding tert-OH is 12. The number of aliphatic hydroxyl groups is 12. The van der Waals surface area contributed by atoms with Gasteiger partial charge in [-0.05, 0) is 92.8 Å². The molecule has 27 atom stereocenters. The first-order valence-corrected chi connectivity index (χ1v) is 27.7. The second kappa shape index (κ2) is 22.6. The van der Waals surface area contributed by atoms with E-state index in [2.05, 4.69) is 26.8 Å². The first-order chi connectivity index (χ1) is 36.9. The fourth-order valence-corrected chi connectivity index (χ4v) is 16.1. The molecule has 0 radical (unpaired) electrons. The molecule has 450 valence electrons. The molecule has 3 aliphatic heterocycles. The first kappa shape index (κ1) is 62.2. The van der Waals surface area contributed by atoms with Gasteiger partial charge in [-0.2, -0.15) is 0 Å². The Morgan fingerprint density at radius 1 is 0.696 bits per heavy atom. The molecule has 0 aromatic rings. The van der Waals surface area contributed by atoms with Crippen LogP contribution in [-0.4, -0.2) is 227 Å². The number of ether oxygens (including phenoxy) is 8. The van der Waals surface area contributed by atoms with E-state index in [-0.39, 0.29) is 31.3 Å². The molecule has 0 unspecified atom stereocenters. The molecule has 8 aliphatic rings. The Bertz CT molecular complexity index is 2290. The van der Waals surface area contributed by atoms with Crippen LogP contribution in [0.5, 0.6) is 0 Å². The van der Waals surface area contributed by atoms with Crippen molar-refractivity contribution in [3.63, 3.8) is 0 Å². The van der Waals surface area contributed by atoms with Crippen molar-refractivity contribution in [2.45, 2.75) is 224 Å². The summed E-state index contributed by atoms with van der Waals surface area (Å²) in [6.45, 7) is 14.3. The summed E-state index contributed by atoms with van der Waals surface area (Å²) in [5, 5.41) is 144. The second-order valence-corrected chi connectivity index (χ2v) is 25.6. The van der Waals surface area contributed by atoms with E-state index in [0.717, 1.165) is 5.57 Å². The van der Waals surface area contributed by atoms with Gasteiger partial charge < -0.3 is 104 Å². The first-order valence-electron chi connectivity index (χ1n) is 27.7. The Balaban J connectivity index is 1.11. The van der Waals surface area contributed by atoms with Crippen molar-refractivity contribution >= 4 is 17.9 Å². The Morgan fingerprint density at radius 2 is 1.28 bits per heavy atom. The summed E-state index contributed by atoms with van der Waals surface area (Å²) >= 11 is 0. The third-order valence-corrected chi connectivity index (χ3v) is 21.0. The predicted molar refractivity (Wildman–Crippen MR) is 269 cm³/mol. The molecule has 24 heteroatoms. The number of carbonyl (C=O) groups is 3. The van der Waals surface area contributed by atoms with E-state index in [9.17, 15) is 80.8 Å². The van der Waals surface area contributed by atoms with Crippen molar-refractivity contribution < 1.29 is 119 Å². The van der Waals surface area contributed by atoms with E-state index in [1.165, 1.54) is 6.92 Å². The second-order valence-electron chi connectivity index (χ2n) is 25.6. The van der Waals surface area contributed by atoms with Gasteiger partial charge in [-0.3, -0.25) is 4.79 Å². The SMILES string of the molecule is C/C=C(/C)C(=O)O[C@@H]1[C@@H](O)[C@]2(COC(C)=O)[C@H](O)C[C@@]3(C)C(=CC[C@H]4[C@@]5(C)CC[C@H](O[C@@H]6O[C@H](C(=O)O)[C@H](O[C@@H]7O[C@@H](CO)[C@@H](O)[C@@H](O)[C@H]7O)[C@@H](O)[C@H]6O[C@H]6O[C@H](CO)[C@H](O)[C@@H](O)[C@H]6O)[C@@](C)(CO)[C@H]5CC[C@]43C)[C@H]2CC1(C)C. The molecule has 3 saturated heterocycles. The third-order valence-electron chi connectivity index (χ3n) is 21.0. The predicted octanol–water partition coefficient (Wildman–Crippen LogP) is -1.32. The highest BCUT2D eigenvalue weighted by molar-refractivity contribution is 5.87. The van der Waals surface area contributed by atoms with Crippen LogP contribution in [0.3, 0.4) is 0 Å². The van der Waals surface area contributed by atoms with Gasteiger partial charge in [-0.25, -0.2) is 9.59 Å². The number of allylic oxidation sites excluding steroid dienone is 3. The fraction of sp³-hybridized carbons (Fsp3) is 0.873. The minimum Gasteiger partial charge on any atom is -0.479 e. The molecule has 0 amide bonds. The van der Waals surface area contributed by atoms with Crippen molar-refractivity contribution in [2.24, 2.45) is 50.2 Å². The van der Waals surface area contributed by atoms with E-state index in [1.807, 2.05) is 20.8 Å². The average Bonchev–Trinajstić information content (AvgIpc) is 3.39. The van der Waals surface area contributed by atoms with Gasteiger partial charge in [0.2, 0.25) is 0 Å². The lowest BCUT2D eigenvalue weighted by Crippen LogP contribution is -2.72. The van der Waals surface area contributed by atoms with Crippen LogP contribution in [-0.2, 0) is 52.3 Å². The Labute approximate surface area is 459 Å². The smallest absolute Gasteiger partial charge is 0.335 e. The average molecular weight is 1130 g/mol. The summed E-state index contributed by atoms with van der Waals surface area (Å²) in [7, 11) is 0. The van der Waals surface area contributed by atoms with Gasteiger partial charge in [-0.15, -0.1) is 0 Å². The number of hydrogen-bond donors (Lipinski definition) is 13. The highest BCUT2D eigenvalue weighted by Gasteiger charge is 2.74. The van der Waals surface area contributed by atoms with Crippen molar-refractivity contribution in [2.75, 3.05) is 26.4 Å². The highest BCUT2D eigenvalue weighted by atomic mass is 16.8. The minimum absolute atomic E-state index is 0.0849. The quantitative estimate of drug-likeness (QED) is 0.0415. The van der Waals surface area contributed by atoms with Crippen molar-refractivity contribution in [3.8, 4) is 0 Å². The maximum absolute atomic E-state index is 13.3. The van der Waals surface area contributed by atoms with Crippen LogP contribution in [0.2, 0.25) is 0 Å². The molecule has 5 aliphatic carbocycles. The molecule has 0 aromatic carbocycles. The number of rotatable bonds is 14. The zero-order chi connectivity index (χ0) is 58.4. The number of carboxylic acids is 1. The monoisotopic (exact) mass is 1130 g/mol. The molecule has 4 saturated carbocycles. The van der Waals surface area contributed by atoms with Crippen molar-refractivity contribution in [1.29, 1.82) is 0 Å². The van der Waals surface area contributed by atoms with Gasteiger partial charge in [0.25, 0.3) is 0 Å². The minimum atomic E-state index is -2.18. The maximum Gasteiger partial charge on any atom is 0.335 e. The number of fused-ring (bicyclic) bond motifs is 7. The van der Waals surface area contributed by atoms with Gasteiger partial charge >= 0.3 is 17.9 Å². The standard InChI is InChI=1S/C55H86O24/c1-10-23(2)46(71)79-44-43(68)55(22-72-24(3)59)26(17-50(44,4)5)25-11-12-30-51(6)15-14-32(52(7,21-58)29(51)13-16-53(30,8)54(25,9)18-31(55)60)75-49-41(77-48-38(66)36(64)34(62)28(20-57)74-48)39(67)40(42(78-49)45(69)70)76-47-37(65)35(63)33(61)27(19-56)73-47/h10-11,26-44,47-49,56-58,60-68H,12-22H2,1-9H3,(H,69,70)/b23-10-/t26-,27+,28-,29+,30+,31-,32+,33-,34+,35-,36-,37-,38-,39-,40-,41-,42+,43-,44-,47+,48-,49-,51+,52+,53-,54+,55+/m1/s1. The summed E-state index contributed by atoms with van der Waals surface area (Å²) in [6.07, 6.45) is -26.8. The van der Waals surface area contributed by atoms with Crippen LogP contribution in [0.25, 0.3) is 0 Å². The van der Waals surface area contributed by atoms with Crippen LogP contribution in [0.1, 0.15) is 107 Å². The lowest BCUT2D eigenvalue weighted by Gasteiger charge is -2.72. The van der Waals surface area contributed by atoms with E-state index in [0.29, 0.717) is 37.7 Å². The van der Waals surface area contributed by atoms with Crippen LogP contribution in [0.4, 0.5) is 0 Å². The highest BCUT2D eigenvalue weighted by Crippen LogP contribution is 2.76. The van der Waals surface area contributed by atoms with Crippen LogP contribution >= 0.6 is 0 Å². The number of esters is 2. The number of carbonyl (C=O) groups excluding carboxylic acids is 2. The lowest BCUT2D eigenvalue weighted by atomic mass is 9.33. The largest absolute Gasteiger partial charge is 0.479 e. The molecule has 7 fully saturated rings. The molecule has 79 heavy (non-hydrogen) atoms. The Kier molecular flexibility index (Phi) is 17.8. The van der Waals surface area contributed by atoms with E-state index < -0.39 is 193 Å². The lowest BCUT2D eigenvalue weighted by molar-refractivity contribution is -0.392. The molecule has 8 rings (SSSR count). The third kappa shape index (κ3) is 10.0. The topological polar surface area (TPSA) is 388 Å². The summed E-state index contributed by atoms with van der Waals surface area (Å²) in [6, 6.07) is 0. The zero-order valence-electron chi connectivity index (χ0n) is 46.4. The number of carboxylic acid groups (broad SMARTS) is 1. The fourth-order valence-electron chi connectivity index (χ4n) is 16.1. The van der Waals surface area contributed by atoms with Gasteiger partial charge in [0.05, 0.1) is 37.4 Å². The van der Waals surface area contributed by atoms with E-state index in [1.54, 1.807) is 19.9 Å². The molecule has 0 spiro atoms. The summed E-state index contributed by atoms with van der Waals surface area (Å²) in [4.78, 5) is 39.0. The van der Waals surface area contributed by atoms with Gasteiger partial charge in [0.1, 0.15) is 86.0 Å². The van der Waals surface area contributed by atoms with Crippen molar-refractivity contribution in [1.82, 2.24) is 0 Å². The molecule has 0 bridgehead atoms. The van der Waals surface area contributed by atoms with E-state index in [4.69, 9.17) is 37.9 Å². The summed E-state index contributed by atoms with van der Waals surface area (Å²) < 4.78 is 47.7. The molecule has 24 nitrogen and oxygen atoms in total. The summed E-state index contributed by atoms with van der Waals surface area (Å²) in [5.41, 5.74) is -3.78. The molecular weight excluding hydrogens is 1040 g/mol. The number of aliphatic carboxylic acids is 1. The number of hydrogen-bond acceptors (Lipinski definition) is 23. The van der Waals surface area contributed by atoms with Crippen LogP contribution < -0.4 is 0 Å². The van der Waals surface area contributed by atoms with Crippen molar-refractivity contribution in [3.05, 3.63) is 23.3 Å². The van der Waals surface area contributed by atoms with E-state index >= 15 is 0 Å². The normalized spacial score (nSPS) is 50.6. The van der Waals surface area contributed by atoms with Gasteiger partial charge in [-0.1, -0.05) is 59.3 Å². The summed E-state index contributed by atoms with van der Waals surface area (Å²) in [5.74, 6) is -3.82. The molecule has 3 heterocycles. The maximum atomic E-state index is 13.3. The molecule has 13 N–H and O–H groups in total. The molecular formula is C55H86O24. The van der Waals surface area contributed by atoms with Gasteiger partial charge in [0, 0.05) is 23.3 Å². The van der Waals surface area contributed by atoms with Crippen LogP contribution in [0.15, 0.2) is 23.3 Å². The molecule has 0 aromatic heterocycles. The Morgan fingerprint density at radius 3 is 1.81 bits per heavy atom. The Hall–Kier alpha value is -2.83. The van der Waals surface area contributed by atoms with Gasteiger partial charge in [0.15, 0.2) is 25.0 Å². The van der Waals surface area contributed by atoms with Crippen LogP contribution in [0, 0.1) is 50.2 Å². The zero-order valence-corrected chi connectivity index (χ0v) is 46.4.